The molecule has 1 unspecified atom stereocenters. The van der Waals surface area contributed by atoms with Gasteiger partial charge in [0.25, 0.3) is 0 Å². The van der Waals surface area contributed by atoms with Gasteiger partial charge in [-0.25, -0.2) is 15.0 Å². The van der Waals surface area contributed by atoms with Crippen LogP contribution in [0.1, 0.15) is 24.1 Å². The molecule has 1 fully saturated rings. The number of amides is 1. The van der Waals surface area contributed by atoms with Gasteiger partial charge in [0.1, 0.15) is 5.65 Å². The molecule has 134 valence electrons. The van der Waals surface area contributed by atoms with Crippen molar-refractivity contribution in [2.45, 2.75) is 32.2 Å². The SMILES string of the molecule is Cc1cccn2c(CC(=O)NC3CCCN(c4ncccn4)C3)cnc12. The molecule has 26 heavy (non-hydrogen) atoms. The second kappa shape index (κ2) is 7.11. The van der Waals surface area contributed by atoms with E-state index in [0.717, 1.165) is 48.8 Å². The molecule has 0 aliphatic carbocycles. The fourth-order valence-electron chi connectivity index (χ4n) is 3.51. The zero-order valence-electron chi connectivity index (χ0n) is 14.8. The number of hydrogen-bond acceptors (Lipinski definition) is 5. The number of pyridine rings is 1. The molecule has 7 heteroatoms. The summed E-state index contributed by atoms with van der Waals surface area (Å²) < 4.78 is 1.99. The first-order chi connectivity index (χ1) is 12.7. The standard InChI is InChI=1S/C19H22N6O/c1-14-5-2-10-25-16(12-22-18(14)25)11-17(26)23-15-6-3-9-24(13-15)19-20-7-4-8-21-19/h2,4-5,7-8,10,12,15H,3,6,9,11,13H2,1H3,(H,23,26). The van der Waals surface area contributed by atoms with E-state index < -0.39 is 0 Å². The van der Waals surface area contributed by atoms with Crippen LogP contribution in [-0.2, 0) is 11.2 Å². The van der Waals surface area contributed by atoms with Gasteiger partial charge in [-0.1, -0.05) is 6.07 Å². The number of carbonyl (C=O) groups is 1. The van der Waals surface area contributed by atoms with Crippen molar-refractivity contribution in [3.8, 4) is 0 Å². The van der Waals surface area contributed by atoms with Crippen molar-refractivity contribution in [2.24, 2.45) is 0 Å². The molecule has 0 spiro atoms. The van der Waals surface area contributed by atoms with Crippen molar-refractivity contribution in [3.63, 3.8) is 0 Å². The summed E-state index contributed by atoms with van der Waals surface area (Å²) in [6.45, 7) is 3.68. The van der Waals surface area contributed by atoms with Crippen LogP contribution in [0.15, 0.2) is 43.0 Å². The van der Waals surface area contributed by atoms with E-state index in [0.29, 0.717) is 6.42 Å². The summed E-state index contributed by atoms with van der Waals surface area (Å²) in [6, 6.07) is 5.92. The van der Waals surface area contributed by atoms with E-state index >= 15 is 0 Å². The molecule has 7 nitrogen and oxygen atoms in total. The summed E-state index contributed by atoms with van der Waals surface area (Å²) in [5.74, 6) is 0.748. The van der Waals surface area contributed by atoms with E-state index in [1.807, 2.05) is 35.7 Å². The molecule has 0 bridgehead atoms. The van der Waals surface area contributed by atoms with Crippen LogP contribution in [0.3, 0.4) is 0 Å². The maximum absolute atomic E-state index is 12.5. The minimum Gasteiger partial charge on any atom is -0.351 e. The van der Waals surface area contributed by atoms with E-state index in [-0.39, 0.29) is 11.9 Å². The predicted molar refractivity (Wildman–Crippen MR) is 99.0 cm³/mol. The van der Waals surface area contributed by atoms with E-state index in [2.05, 4.69) is 25.2 Å². The van der Waals surface area contributed by atoms with Crippen LogP contribution in [0.4, 0.5) is 5.95 Å². The number of hydrogen-bond donors (Lipinski definition) is 1. The Hall–Kier alpha value is -2.96. The molecule has 1 aliphatic heterocycles. The highest BCUT2D eigenvalue weighted by Crippen LogP contribution is 2.16. The van der Waals surface area contributed by atoms with Gasteiger partial charge in [0.15, 0.2) is 0 Å². The molecule has 4 rings (SSSR count). The van der Waals surface area contributed by atoms with Gasteiger partial charge in [0, 0.05) is 43.9 Å². The Morgan fingerprint density at radius 1 is 1.27 bits per heavy atom. The third-order valence-electron chi connectivity index (χ3n) is 4.77. The maximum Gasteiger partial charge on any atom is 0.226 e. The summed E-state index contributed by atoms with van der Waals surface area (Å²) in [7, 11) is 0. The molecule has 1 saturated heterocycles. The predicted octanol–water partition coefficient (Wildman–Crippen LogP) is 1.76. The summed E-state index contributed by atoms with van der Waals surface area (Å²) in [5, 5.41) is 3.16. The minimum absolute atomic E-state index is 0.0223. The summed E-state index contributed by atoms with van der Waals surface area (Å²) in [5.41, 5.74) is 2.91. The lowest BCUT2D eigenvalue weighted by atomic mass is 10.1. The smallest absolute Gasteiger partial charge is 0.226 e. The van der Waals surface area contributed by atoms with Gasteiger partial charge in [-0.15, -0.1) is 0 Å². The Morgan fingerprint density at radius 2 is 2.12 bits per heavy atom. The fourth-order valence-corrected chi connectivity index (χ4v) is 3.51. The Balaban J connectivity index is 1.40. The van der Waals surface area contributed by atoms with Crippen molar-refractivity contribution >= 4 is 17.5 Å². The Bertz CT molecular complexity index is 907. The Kier molecular flexibility index (Phi) is 4.51. The number of imidazole rings is 1. The third-order valence-corrected chi connectivity index (χ3v) is 4.77. The van der Waals surface area contributed by atoms with Crippen molar-refractivity contribution in [1.29, 1.82) is 0 Å². The molecule has 3 aromatic rings. The van der Waals surface area contributed by atoms with Crippen LogP contribution < -0.4 is 10.2 Å². The van der Waals surface area contributed by atoms with Crippen LogP contribution in [0.5, 0.6) is 0 Å². The quantitative estimate of drug-likeness (QED) is 0.776. The number of aryl methyl sites for hydroxylation is 1. The normalized spacial score (nSPS) is 17.4. The zero-order valence-corrected chi connectivity index (χ0v) is 14.8. The minimum atomic E-state index is 0.0223. The van der Waals surface area contributed by atoms with Gasteiger partial charge in [-0.2, -0.15) is 0 Å². The van der Waals surface area contributed by atoms with Crippen LogP contribution in [0.25, 0.3) is 5.65 Å². The number of carbonyl (C=O) groups excluding carboxylic acids is 1. The average molecular weight is 350 g/mol. The molecule has 0 aromatic carbocycles. The van der Waals surface area contributed by atoms with Crippen LogP contribution in [0, 0.1) is 6.92 Å². The van der Waals surface area contributed by atoms with Gasteiger partial charge < -0.3 is 14.6 Å². The summed E-state index contributed by atoms with van der Waals surface area (Å²) in [6.07, 6.45) is 9.54. The van der Waals surface area contributed by atoms with Crippen LogP contribution in [0.2, 0.25) is 0 Å². The topological polar surface area (TPSA) is 75.4 Å². The first-order valence-electron chi connectivity index (χ1n) is 8.93. The summed E-state index contributed by atoms with van der Waals surface area (Å²) >= 11 is 0. The highest BCUT2D eigenvalue weighted by Gasteiger charge is 2.23. The van der Waals surface area contributed by atoms with Crippen molar-refractivity contribution < 1.29 is 4.79 Å². The Morgan fingerprint density at radius 3 is 2.96 bits per heavy atom. The zero-order chi connectivity index (χ0) is 17.9. The number of anilines is 1. The van der Waals surface area contributed by atoms with E-state index in [4.69, 9.17) is 0 Å². The average Bonchev–Trinajstić information content (AvgIpc) is 3.07. The van der Waals surface area contributed by atoms with Gasteiger partial charge in [-0.05, 0) is 37.5 Å². The monoisotopic (exact) mass is 350 g/mol. The third kappa shape index (κ3) is 3.37. The first-order valence-corrected chi connectivity index (χ1v) is 8.93. The highest BCUT2D eigenvalue weighted by molar-refractivity contribution is 5.78. The van der Waals surface area contributed by atoms with E-state index in [1.165, 1.54) is 0 Å². The number of fused-ring (bicyclic) bond motifs is 1. The molecule has 0 radical (unpaired) electrons. The molecule has 4 heterocycles. The number of nitrogens with one attached hydrogen (secondary N) is 1. The molecule has 3 aromatic heterocycles. The van der Waals surface area contributed by atoms with Crippen LogP contribution in [-0.4, -0.2) is 44.4 Å². The molecule has 1 N–H and O–H groups in total. The van der Waals surface area contributed by atoms with Gasteiger partial charge >= 0.3 is 0 Å². The lowest BCUT2D eigenvalue weighted by Crippen LogP contribution is -2.48. The largest absolute Gasteiger partial charge is 0.351 e. The molecule has 1 aliphatic rings. The first kappa shape index (κ1) is 16.5. The lowest BCUT2D eigenvalue weighted by Gasteiger charge is -2.33. The van der Waals surface area contributed by atoms with Gasteiger partial charge in [0.05, 0.1) is 12.1 Å². The number of aromatic nitrogens is 4. The van der Waals surface area contributed by atoms with Crippen LogP contribution >= 0.6 is 0 Å². The molecule has 1 amide bonds. The maximum atomic E-state index is 12.5. The van der Waals surface area contributed by atoms with Crippen molar-refractivity contribution in [2.75, 3.05) is 18.0 Å². The highest BCUT2D eigenvalue weighted by atomic mass is 16.1. The van der Waals surface area contributed by atoms with Gasteiger partial charge in [-0.3, -0.25) is 4.79 Å². The van der Waals surface area contributed by atoms with Crippen molar-refractivity contribution in [1.82, 2.24) is 24.7 Å². The van der Waals surface area contributed by atoms with Gasteiger partial charge in [0.2, 0.25) is 11.9 Å². The molecule has 0 saturated carbocycles. The van der Waals surface area contributed by atoms with E-state index in [1.54, 1.807) is 18.6 Å². The Labute approximate surface area is 152 Å². The molecular formula is C19H22N6O. The van der Waals surface area contributed by atoms with Crippen molar-refractivity contribution in [3.05, 3.63) is 54.2 Å². The number of nitrogens with zero attached hydrogens (tertiary/aromatic N) is 5. The lowest BCUT2D eigenvalue weighted by molar-refractivity contribution is -0.121. The molecule has 1 atom stereocenters. The second-order valence-corrected chi connectivity index (χ2v) is 6.71. The summed E-state index contributed by atoms with van der Waals surface area (Å²) in [4.78, 5) is 27.7. The molecular weight excluding hydrogens is 328 g/mol. The second-order valence-electron chi connectivity index (χ2n) is 6.71. The number of rotatable bonds is 4. The number of piperidine rings is 1. The fraction of sp³-hybridized carbons (Fsp3) is 0.368. The van der Waals surface area contributed by atoms with E-state index in [9.17, 15) is 4.79 Å².